The lowest BCUT2D eigenvalue weighted by atomic mass is 9.42. The van der Waals surface area contributed by atoms with E-state index in [0.717, 1.165) is 36.7 Å². The maximum atomic E-state index is 14.2. The third-order valence-electron chi connectivity index (χ3n) is 14.9. The van der Waals surface area contributed by atoms with Crippen molar-refractivity contribution in [2.75, 3.05) is 25.7 Å². The molecule has 0 bridgehead atoms. The summed E-state index contributed by atoms with van der Waals surface area (Å²) in [5.74, 6) is 2.94. The summed E-state index contributed by atoms with van der Waals surface area (Å²) in [5, 5.41) is 14.2. The van der Waals surface area contributed by atoms with Gasteiger partial charge in [-0.25, -0.2) is 14.8 Å². The van der Waals surface area contributed by atoms with Gasteiger partial charge >= 0.3 is 5.97 Å². The largest absolute Gasteiger partial charge is 0.497 e. The van der Waals surface area contributed by atoms with E-state index in [9.17, 15) is 14.7 Å². The Labute approximate surface area is 361 Å². The van der Waals surface area contributed by atoms with Crippen LogP contribution in [-0.4, -0.2) is 53.1 Å². The van der Waals surface area contributed by atoms with E-state index in [4.69, 9.17) is 4.74 Å². The first kappa shape index (κ1) is 50.8. The molecule has 2 saturated carbocycles. The Morgan fingerprint density at radius 1 is 0.847 bits per heavy atom. The zero-order chi connectivity index (χ0) is 44.8. The van der Waals surface area contributed by atoms with E-state index in [2.05, 4.69) is 103 Å². The average molecular weight is 822 g/mol. The zero-order valence-corrected chi connectivity index (χ0v) is 38.6. The molecule has 7 rings (SSSR count). The minimum atomic E-state index is -0.973. The van der Waals surface area contributed by atoms with E-state index >= 15 is 0 Å². The van der Waals surface area contributed by atoms with Crippen molar-refractivity contribution < 1.29 is 19.4 Å². The number of ether oxygens (including phenoxy) is 1. The van der Waals surface area contributed by atoms with Gasteiger partial charge in [0.15, 0.2) is 0 Å². The van der Waals surface area contributed by atoms with Crippen LogP contribution in [0.25, 0.3) is 5.57 Å². The second kappa shape index (κ2) is 21.8. The first-order valence-corrected chi connectivity index (χ1v) is 23.8. The van der Waals surface area contributed by atoms with E-state index in [0.29, 0.717) is 40.5 Å². The molecule has 2 heterocycles. The number of carboxylic acid groups (broad SMARTS) is 1. The van der Waals surface area contributed by atoms with Gasteiger partial charge in [0.2, 0.25) is 5.91 Å². The highest BCUT2D eigenvalue weighted by Crippen LogP contribution is 2.80. The number of allylic oxidation sites excluding steroid dienone is 3. The van der Waals surface area contributed by atoms with Crippen LogP contribution in [0.1, 0.15) is 128 Å². The molecule has 5 nitrogen and oxygen atoms in total. The van der Waals surface area contributed by atoms with E-state index in [1.165, 1.54) is 61.0 Å². The first-order valence-electron chi connectivity index (χ1n) is 21.5. The molecule has 322 valence electrons. The summed E-state index contributed by atoms with van der Waals surface area (Å²) >= 11 is 0. The average Bonchev–Trinajstić information content (AvgIpc) is 3.71. The molecule has 1 amide bonds. The van der Waals surface area contributed by atoms with Crippen molar-refractivity contribution in [2.24, 2.45) is 33.5 Å². The monoisotopic (exact) mass is 822 g/mol. The molecule has 2 aromatic carbocycles. The van der Waals surface area contributed by atoms with Crippen LogP contribution in [-0.2, 0) is 11.2 Å². The predicted molar refractivity (Wildman–Crippen MR) is 255 cm³/mol. The summed E-state index contributed by atoms with van der Waals surface area (Å²) in [6.45, 7) is 20.2. The smallest absolute Gasteiger partial charge is 0.335 e. The number of amides is 1. The maximum Gasteiger partial charge on any atom is 0.335 e. The van der Waals surface area contributed by atoms with Crippen LogP contribution in [0.15, 0.2) is 67.3 Å². The molecule has 2 saturated heterocycles. The topological polar surface area (TPSA) is 75.6 Å². The molecule has 0 aromatic heterocycles. The standard InChI is InChI=1S/C42H57NO4S.C3H6.C2H6.3C2H2/c1-39(2)32(29-11-13-30(14-12-29)37(44)45)17-23-40(3)33(39)18-24-41(4)34(40)21-27-48(6)35(41)19-25-42(22-7-8-36(42)48)38(46)43-26-20-28-9-15-31(47-5)16-10-28;1-3-2;4*1-2/h9-17,33-36H,7-8,18-27H2,1-6H3,(H,43,46)(H,44,45);3H,1H2,2H3;1-2H3;3*1-2H/t33?,34?,35?,36?,40-,41+,42-;;;;;/m0...../s1. The molecule has 3 aliphatic carbocycles. The normalized spacial score (nSPS) is 32.4. The number of hydrogen-bond acceptors (Lipinski definition) is 3. The van der Waals surface area contributed by atoms with Crippen molar-refractivity contribution >= 4 is 27.5 Å². The molecule has 0 spiro atoms. The summed E-state index contributed by atoms with van der Waals surface area (Å²) < 4.78 is 5.32. The van der Waals surface area contributed by atoms with Crippen molar-refractivity contribution in [3.8, 4) is 44.3 Å². The van der Waals surface area contributed by atoms with Gasteiger partial charge in [0, 0.05) is 11.8 Å². The minimum Gasteiger partial charge on any atom is -0.497 e. The lowest BCUT2D eigenvalue weighted by Gasteiger charge is -2.72. The maximum absolute atomic E-state index is 14.2. The Morgan fingerprint density at radius 2 is 1.44 bits per heavy atom. The Balaban J connectivity index is 0.00000100. The highest BCUT2D eigenvalue weighted by atomic mass is 32.3. The first-order chi connectivity index (χ1) is 28.2. The number of benzene rings is 2. The summed E-state index contributed by atoms with van der Waals surface area (Å²) in [5.41, 5.74) is 4.55. The fourth-order valence-corrected chi connectivity index (χ4v) is 18.7. The van der Waals surface area contributed by atoms with Crippen molar-refractivity contribution in [2.45, 2.75) is 123 Å². The number of aromatic carboxylic acids is 1. The number of methoxy groups -OCH3 is 1. The molecular formula is C53H75NO4S. The van der Waals surface area contributed by atoms with Gasteiger partial charge < -0.3 is 15.2 Å². The molecule has 2 aliphatic heterocycles. The summed E-state index contributed by atoms with van der Waals surface area (Å²) in [6.07, 6.45) is 42.5. The lowest BCUT2D eigenvalue weighted by molar-refractivity contribution is -0.132. The molecule has 2 aromatic rings. The highest BCUT2D eigenvalue weighted by molar-refractivity contribution is 8.34. The van der Waals surface area contributed by atoms with Gasteiger partial charge in [0.1, 0.15) is 5.75 Å². The lowest BCUT2D eigenvalue weighted by Crippen LogP contribution is -2.64. The van der Waals surface area contributed by atoms with E-state index < -0.39 is 16.0 Å². The second-order valence-electron chi connectivity index (χ2n) is 17.6. The number of carbonyl (C=O) groups excluding carboxylic acids is 1. The number of nitrogens with one attached hydrogen (secondary N) is 1. The predicted octanol–water partition coefficient (Wildman–Crippen LogP) is 12.1. The van der Waals surface area contributed by atoms with Gasteiger partial charge in [0.25, 0.3) is 0 Å². The Kier molecular flexibility index (Phi) is 18.8. The molecular weight excluding hydrogens is 747 g/mol. The number of fused-ring (bicyclic) bond motifs is 7. The summed E-state index contributed by atoms with van der Waals surface area (Å²) in [6, 6.07) is 15.8. The van der Waals surface area contributed by atoms with Crippen LogP contribution in [0.3, 0.4) is 0 Å². The Hall–Kier alpha value is -4.31. The van der Waals surface area contributed by atoms with Gasteiger partial charge in [-0.05, 0) is 151 Å². The number of rotatable bonds is 7. The van der Waals surface area contributed by atoms with E-state index in [-0.39, 0.29) is 16.2 Å². The number of carboxylic acids is 1. The van der Waals surface area contributed by atoms with Crippen LogP contribution in [0, 0.1) is 72.0 Å². The van der Waals surface area contributed by atoms with Crippen LogP contribution >= 0.6 is 10.0 Å². The molecule has 4 fully saturated rings. The van der Waals surface area contributed by atoms with E-state index in [1.54, 1.807) is 25.3 Å². The van der Waals surface area contributed by atoms with Gasteiger partial charge in [-0.2, -0.15) is 0 Å². The molecule has 0 radical (unpaired) electrons. The van der Waals surface area contributed by atoms with Crippen molar-refractivity contribution in [3.05, 3.63) is 84.0 Å². The SMILES string of the molecule is C#C.C#C.C#C.C=CC.CC.COc1ccc(CCNC(=O)[C@]23CCCC2S2(C)CCC4[C@@]5(C)CC=C(c6ccc(C(=O)O)cc6)C(C)(C)C5CC[C@@]4(C)C2CC3)cc1. The van der Waals surface area contributed by atoms with Crippen LogP contribution in [0.4, 0.5) is 0 Å². The van der Waals surface area contributed by atoms with Crippen LogP contribution < -0.4 is 10.1 Å². The second-order valence-corrected chi connectivity index (χ2v) is 21.6. The van der Waals surface area contributed by atoms with E-state index in [1.807, 2.05) is 45.0 Å². The molecule has 59 heavy (non-hydrogen) atoms. The number of carbonyl (C=O) groups is 2. The zero-order valence-electron chi connectivity index (χ0n) is 37.8. The highest BCUT2D eigenvalue weighted by Gasteiger charge is 2.68. The van der Waals surface area contributed by atoms with Crippen molar-refractivity contribution in [1.82, 2.24) is 5.32 Å². The fourth-order valence-electron chi connectivity index (χ4n) is 12.8. The fraction of sp³-hybridized carbons (Fsp3) is 0.547. The third kappa shape index (κ3) is 9.53. The third-order valence-corrected chi connectivity index (χ3v) is 20.0. The van der Waals surface area contributed by atoms with Crippen LogP contribution in [0.2, 0.25) is 0 Å². The number of hydrogen-bond donors (Lipinski definition) is 2. The quantitative estimate of drug-likeness (QED) is 0.215. The Bertz CT molecular complexity index is 1770. The molecule has 5 unspecified atom stereocenters. The van der Waals surface area contributed by atoms with Crippen molar-refractivity contribution in [1.29, 1.82) is 0 Å². The number of terminal acetylenes is 3. The van der Waals surface area contributed by atoms with Gasteiger partial charge in [0.05, 0.1) is 18.1 Å². The molecule has 6 heteroatoms. The molecule has 8 atom stereocenters. The van der Waals surface area contributed by atoms with Gasteiger partial charge in [-0.3, -0.25) is 4.79 Å². The van der Waals surface area contributed by atoms with Gasteiger partial charge in [-0.15, -0.1) is 45.1 Å². The minimum absolute atomic E-state index is 0.0176. The molecule has 5 aliphatic rings. The summed E-state index contributed by atoms with van der Waals surface area (Å²) in [7, 11) is 0.720. The Morgan fingerprint density at radius 3 is 2.00 bits per heavy atom. The molecule has 2 N–H and O–H groups in total. The van der Waals surface area contributed by atoms with Gasteiger partial charge in [-0.1, -0.05) is 84.4 Å². The van der Waals surface area contributed by atoms with Crippen molar-refractivity contribution in [3.63, 3.8) is 0 Å². The summed E-state index contributed by atoms with van der Waals surface area (Å²) in [4.78, 5) is 25.7. The van der Waals surface area contributed by atoms with Crippen LogP contribution in [0.5, 0.6) is 5.75 Å².